The van der Waals surface area contributed by atoms with Crippen molar-refractivity contribution in [3.05, 3.63) is 72.9 Å². The van der Waals surface area contributed by atoms with Gasteiger partial charge in [-0.3, -0.25) is 13.8 Å². The quantitative estimate of drug-likeness (QED) is 0.0306. The number of hydrogen-bond acceptors (Lipinski definition) is 6. The smallest absolute Gasteiger partial charge is 0.387 e. The zero-order valence-electron chi connectivity index (χ0n) is 30.2. The van der Waals surface area contributed by atoms with Gasteiger partial charge in [0.15, 0.2) is 0 Å². The molecule has 0 fully saturated rings. The molecular formula is C39H69N2O6P. The van der Waals surface area contributed by atoms with Crippen LogP contribution < -0.4 is 11.1 Å². The van der Waals surface area contributed by atoms with Crippen molar-refractivity contribution in [2.75, 3.05) is 19.8 Å². The van der Waals surface area contributed by atoms with Crippen LogP contribution in [0.4, 0.5) is 0 Å². The molecule has 0 saturated heterocycles. The SMILES string of the molecule is CC/C=C\C/C=C\C/C=C\C/C=C\C/C=C\CCCCCCCC(=O)NC(COP(=O)(O)OCCN)C(O)/C=C/CCCCCCCC. The van der Waals surface area contributed by atoms with E-state index in [-0.39, 0.29) is 25.7 Å². The molecule has 0 aromatic carbocycles. The molecule has 8 nitrogen and oxygen atoms in total. The number of carbonyl (C=O) groups is 1. The topological polar surface area (TPSA) is 131 Å². The molecule has 0 rings (SSSR count). The van der Waals surface area contributed by atoms with E-state index in [4.69, 9.17) is 14.8 Å². The Bertz CT molecular complexity index is 976. The molecule has 0 aromatic heterocycles. The average molecular weight is 693 g/mol. The minimum atomic E-state index is -4.34. The number of rotatable bonds is 33. The van der Waals surface area contributed by atoms with Crippen LogP contribution in [0.25, 0.3) is 0 Å². The van der Waals surface area contributed by atoms with Crippen molar-refractivity contribution in [2.45, 2.75) is 148 Å². The molecule has 0 heterocycles. The van der Waals surface area contributed by atoms with Gasteiger partial charge in [-0.15, -0.1) is 0 Å². The molecule has 3 atom stereocenters. The molecule has 3 unspecified atom stereocenters. The van der Waals surface area contributed by atoms with Crippen LogP contribution in [0.1, 0.15) is 136 Å². The molecule has 9 heteroatoms. The number of carbonyl (C=O) groups excluding carboxylic acids is 1. The second kappa shape index (κ2) is 34.8. The van der Waals surface area contributed by atoms with Gasteiger partial charge in [0.25, 0.3) is 0 Å². The van der Waals surface area contributed by atoms with Gasteiger partial charge in [0.1, 0.15) is 0 Å². The van der Waals surface area contributed by atoms with Crippen LogP contribution in [0.5, 0.6) is 0 Å². The standard InChI is InChI=1S/C39H69N2O6P/c1-3-5-7-9-11-13-14-15-16-17-18-19-20-21-22-23-24-25-27-29-31-33-39(43)41-37(36-47-48(44,45)46-35-34-40)38(42)32-30-28-26-12-10-8-6-4-2/h5,7,11,13,15-16,18-19,21-22,30,32,37-38,42H,3-4,6,8-10,12,14,17,20,23-29,31,33-36,40H2,1-2H3,(H,41,43)(H,44,45)/b7-5-,13-11-,16-15-,19-18-,22-21-,32-30+. The lowest BCUT2D eigenvalue weighted by atomic mass is 10.1. The molecule has 0 bridgehead atoms. The van der Waals surface area contributed by atoms with E-state index in [1.807, 2.05) is 6.08 Å². The molecule has 276 valence electrons. The molecule has 1 amide bonds. The van der Waals surface area contributed by atoms with E-state index < -0.39 is 20.0 Å². The zero-order valence-corrected chi connectivity index (χ0v) is 31.1. The van der Waals surface area contributed by atoms with Crippen LogP contribution in [0.2, 0.25) is 0 Å². The lowest BCUT2D eigenvalue weighted by Gasteiger charge is -2.23. The summed E-state index contributed by atoms with van der Waals surface area (Å²) in [5, 5.41) is 13.5. The summed E-state index contributed by atoms with van der Waals surface area (Å²) in [7, 11) is -4.34. The maximum absolute atomic E-state index is 12.7. The fourth-order valence-corrected chi connectivity index (χ4v) is 5.50. The summed E-state index contributed by atoms with van der Waals surface area (Å²) in [6.07, 6.45) is 43.8. The Morgan fingerprint density at radius 1 is 0.708 bits per heavy atom. The third-order valence-corrected chi connectivity index (χ3v) is 8.52. The molecule has 48 heavy (non-hydrogen) atoms. The number of nitrogens with two attached hydrogens (primary N) is 1. The number of hydrogen-bond donors (Lipinski definition) is 4. The Labute approximate surface area is 293 Å². The highest BCUT2D eigenvalue weighted by Gasteiger charge is 2.26. The average Bonchev–Trinajstić information content (AvgIpc) is 3.07. The Balaban J connectivity index is 4.25. The van der Waals surface area contributed by atoms with Gasteiger partial charge in [0, 0.05) is 13.0 Å². The number of phosphoric acid groups is 1. The normalized spacial score (nSPS) is 15.2. The van der Waals surface area contributed by atoms with Gasteiger partial charge in [-0.1, -0.05) is 138 Å². The van der Waals surface area contributed by atoms with Gasteiger partial charge in [-0.05, 0) is 64.2 Å². The predicted molar refractivity (Wildman–Crippen MR) is 203 cm³/mol. The van der Waals surface area contributed by atoms with Crippen molar-refractivity contribution in [1.82, 2.24) is 5.32 Å². The maximum Gasteiger partial charge on any atom is 0.472 e. The van der Waals surface area contributed by atoms with E-state index >= 15 is 0 Å². The number of phosphoric ester groups is 1. The number of allylic oxidation sites excluding steroid dienone is 11. The van der Waals surface area contributed by atoms with E-state index in [9.17, 15) is 19.4 Å². The van der Waals surface area contributed by atoms with E-state index in [1.54, 1.807) is 6.08 Å². The second-order valence-corrected chi connectivity index (χ2v) is 13.5. The molecule has 0 aromatic rings. The Hall–Kier alpha value is -2.06. The maximum atomic E-state index is 12.7. The third kappa shape index (κ3) is 32.5. The summed E-state index contributed by atoms with van der Waals surface area (Å²) in [5.74, 6) is -0.221. The van der Waals surface area contributed by atoms with E-state index in [0.717, 1.165) is 89.9 Å². The van der Waals surface area contributed by atoms with Crippen LogP contribution in [0, 0.1) is 0 Å². The largest absolute Gasteiger partial charge is 0.472 e. The Morgan fingerprint density at radius 3 is 1.77 bits per heavy atom. The molecule has 0 aliphatic carbocycles. The fourth-order valence-electron chi connectivity index (χ4n) is 4.74. The van der Waals surface area contributed by atoms with Gasteiger partial charge in [-0.2, -0.15) is 0 Å². The Morgan fingerprint density at radius 2 is 1.21 bits per heavy atom. The summed E-state index contributed by atoms with van der Waals surface area (Å²) >= 11 is 0. The van der Waals surface area contributed by atoms with Crippen molar-refractivity contribution < 1.29 is 28.4 Å². The molecule has 5 N–H and O–H groups in total. The molecule has 0 aliphatic rings. The van der Waals surface area contributed by atoms with E-state index in [1.165, 1.54) is 25.7 Å². The molecule has 0 aliphatic heterocycles. The second-order valence-electron chi connectivity index (χ2n) is 12.0. The van der Waals surface area contributed by atoms with Gasteiger partial charge in [-0.25, -0.2) is 4.57 Å². The summed E-state index contributed by atoms with van der Waals surface area (Å²) in [6, 6.07) is -0.872. The number of amides is 1. The first-order valence-corrected chi connectivity index (χ1v) is 20.1. The monoisotopic (exact) mass is 692 g/mol. The first-order valence-electron chi connectivity index (χ1n) is 18.6. The fraction of sp³-hybridized carbons (Fsp3) is 0.667. The Kier molecular flexibility index (Phi) is 33.3. The minimum Gasteiger partial charge on any atom is -0.387 e. The summed E-state index contributed by atoms with van der Waals surface area (Å²) in [4.78, 5) is 22.5. The highest BCUT2D eigenvalue weighted by atomic mass is 31.2. The summed E-state index contributed by atoms with van der Waals surface area (Å²) in [6.45, 7) is 3.92. The zero-order chi connectivity index (χ0) is 35.4. The van der Waals surface area contributed by atoms with Gasteiger partial charge in [0.2, 0.25) is 5.91 Å². The van der Waals surface area contributed by atoms with Crippen LogP contribution >= 0.6 is 7.82 Å². The van der Waals surface area contributed by atoms with Crippen LogP contribution in [-0.4, -0.2) is 47.8 Å². The van der Waals surface area contributed by atoms with Crippen molar-refractivity contribution >= 4 is 13.7 Å². The molecule has 0 spiro atoms. The number of aliphatic hydroxyl groups excluding tert-OH is 1. The lowest BCUT2D eigenvalue weighted by Crippen LogP contribution is -2.45. The van der Waals surface area contributed by atoms with E-state index in [0.29, 0.717) is 6.42 Å². The van der Waals surface area contributed by atoms with Crippen molar-refractivity contribution in [1.29, 1.82) is 0 Å². The summed E-state index contributed by atoms with van der Waals surface area (Å²) < 4.78 is 21.9. The lowest BCUT2D eigenvalue weighted by molar-refractivity contribution is -0.123. The highest BCUT2D eigenvalue weighted by Crippen LogP contribution is 2.43. The van der Waals surface area contributed by atoms with Crippen molar-refractivity contribution in [3.63, 3.8) is 0 Å². The van der Waals surface area contributed by atoms with Gasteiger partial charge in [0.05, 0.1) is 25.4 Å². The van der Waals surface area contributed by atoms with Crippen molar-refractivity contribution in [3.8, 4) is 0 Å². The number of unbranched alkanes of at least 4 members (excludes halogenated alkanes) is 11. The van der Waals surface area contributed by atoms with Gasteiger partial charge < -0.3 is 21.1 Å². The van der Waals surface area contributed by atoms with Crippen molar-refractivity contribution in [2.24, 2.45) is 5.73 Å². The highest BCUT2D eigenvalue weighted by molar-refractivity contribution is 7.47. The molecule has 0 saturated carbocycles. The third-order valence-electron chi connectivity index (χ3n) is 7.54. The first kappa shape index (κ1) is 45.9. The number of nitrogens with one attached hydrogen (secondary N) is 1. The first-order chi connectivity index (χ1) is 23.4. The van der Waals surface area contributed by atoms with Crippen LogP contribution in [0.15, 0.2) is 72.9 Å². The number of aliphatic hydroxyl groups is 1. The minimum absolute atomic E-state index is 0.0707. The van der Waals surface area contributed by atoms with Crippen LogP contribution in [0.3, 0.4) is 0 Å². The van der Waals surface area contributed by atoms with Gasteiger partial charge >= 0.3 is 7.82 Å². The molecular weight excluding hydrogens is 623 g/mol. The predicted octanol–water partition coefficient (Wildman–Crippen LogP) is 9.71. The molecule has 0 radical (unpaired) electrons. The summed E-state index contributed by atoms with van der Waals surface area (Å²) in [5.41, 5.74) is 5.34. The van der Waals surface area contributed by atoms with E-state index in [2.05, 4.69) is 79.9 Å². The van der Waals surface area contributed by atoms with Crippen LogP contribution in [-0.2, 0) is 18.4 Å².